The van der Waals surface area contributed by atoms with Gasteiger partial charge in [-0.2, -0.15) is 0 Å². The summed E-state index contributed by atoms with van der Waals surface area (Å²) in [6, 6.07) is 11.7. The van der Waals surface area contributed by atoms with E-state index in [1.165, 1.54) is 30.6 Å². The molecule has 0 aliphatic rings. The molecule has 0 unspecified atom stereocenters. The van der Waals surface area contributed by atoms with Crippen LogP contribution in [0.5, 0.6) is 11.5 Å². The van der Waals surface area contributed by atoms with Gasteiger partial charge < -0.3 is 9.47 Å². The summed E-state index contributed by atoms with van der Waals surface area (Å²) in [5, 5.41) is 0. The Hall–Kier alpha value is -2.70. The van der Waals surface area contributed by atoms with Gasteiger partial charge in [-0.15, -0.1) is 11.3 Å². The first-order chi connectivity index (χ1) is 13.5. The van der Waals surface area contributed by atoms with Gasteiger partial charge in [0.1, 0.15) is 18.2 Å². The Labute approximate surface area is 169 Å². The minimum absolute atomic E-state index is 0.0158. The van der Waals surface area contributed by atoms with E-state index in [1.807, 2.05) is 0 Å². The van der Waals surface area contributed by atoms with Gasteiger partial charge in [0.15, 0.2) is 17.3 Å². The molecule has 0 N–H and O–H groups in total. The second-order valence-corrected chi connectivity index (χ2v) is 7.45. The highest BCUT2D eigenvalue weighted by atomic mass is 35.5. The summed E-state index contributed by atoms with van der Waals surface area (Å²) in [5.74, 6) is -1.12. The van der Waals surface area contributed by atoms with E-state index < -0.39 is 11.6 Å². The molecule has 3 rings (SSSR count). The summed E-state index contributed by atoms with van der Waals surface area (Å²) >= 11 is 7.06. The van der Waals surface area contributed by atoms with Gasteiger partial charge in [-0.1, -0.05) is 23.7 Å². The van der Waals surface area contributed by atoms with Crippen LogP contribution >= 0.6 is 22.9 Å². The number of thiophene rings is 1. The van der Waals surface area contributed by atoms with Crippen LogP contribution in [0, 0.1) is 11.6 Å². The van der Waals surface area contributed by atoms with Crippen molar-refractivity contribution in [3.63, 3.8) is 0 Å². The van der Waals surface area contributed by atoms with Crippen molar-refractivity contribution < 1.29 is 23.0 Å². The van der Waals surface area contributed by atoms with E-state index >= 15 is 0 Å². The summed E-state index contributed by atoms with van der Waals surface area (Å²) in [5.41, 5.74) is 1.40. The molecule has 1 heterocycles. The Morgan fingerprint density at radius 3 is 2.57 bits per heavy atom. The lowest BCUT2D eigenvalue weighted by Gasteiger charge is -2.12. The van der Waals surface area contributed by atoms with E-state index in [-0.39, 0.29) is 18.1 Å². The van der Waals surface area contributed by atoms with Gasteiger partial charge in [0, 0.05) is 11.6 Å². The molecule has 2 aromatic carbocycles. The zero-order valence-corrected chi connectivity index (χ0v) is 16.3. The van der Waals surface area contributed by atoms with Crippen molar-refractivity contribution in [2.24, 2.45) is 0 Å². The first-order valence-corrected chi connectivity index (χ1v) is 9.38. The molecule has 0 aliphatic carbocycles. The van der Waals surface area contributed by atoms with Crippen LogP contribution in [-0.4, -0.2) is 12.9 Å². The maximum absolute atomic E-state index is 13.7. The van der Waals surface area contributed by atoms with Crippen LogP contribution in [0.25, 0.3) is 6.08 Å². The van der Waals surface area contributed by atoms with Crippen LogP contribution in [0.1, 0.15) is 20.8 Å². The standard InChI is InChI=1S/C21H15ClF2O3S/c1-26-18-6-3-13(2-5-17(25)20-8-9-21(22)28-20)10-14(18)12-27-19-7-4-15(23)11-16(19)24/h2-11H,12H2,1H3/b5-2+. The SMILES string of the molecule is COc1ccc(/C=C/C(=O)c2ccc(Cl)s2)cc1COc1ccc(F)cc1F. The maximum atomic E-state index is 13.7. The number of carbonyl (C=O) groups excluding carboxylic acids is 1. The molecule has 3 aromatic rings. The maximum Gasteiger partial charge on any atom is 0.195 e. The summed E-state index contributed by atoms with van der Waals surface area (Å²) in [6.07, 6.45) is 3.12. The van der Waals surface area contributed by atoms with Crippen LogP contribution in [0.2, 0.25) is 4.34 Å². The Kier molecular flexibility index (Phi) is 6.44. The summed E-state index contributed by atoms with van der Waals surface area (Å²) in [4.78, 5) is 12.7. The number of carbonyl (C=O) groups is 1. The van der Waals surface area contributed by atoms with E-state index in [0.717, 1.165) is 17.7 Å². The third-order valence-electron chi connectivity index (χ3n) is 3.82. The molecule has 7 heteroatoms. The minimum atomic E-state index is -0.782. The van der Waals surface area contributed by atoms with Crippen molar-refractivity contribution in [3.05, 3.63) is 86.6 Å². The first-order valence-electron chi connectivity index (χ1n) is 8.19. The fourth-order valence-corrected chi connectivity index (χ4v) is 3.43. The number of ketones is 1. The molecule has 0 radical (unpaired) electrons. The fraction of sp³-hybridized carbons (Fsp3) is 0.0952. The number of allylic oxidation sites excluding steroid dienone is 1. The summed E-state index contributed by atoms with van der Waals surface area (Å²) in [7, 11) is 1.51. The van der Waals surface area contributed by atoms with E-state index in [1.54, 1.807) is 36.4 Å². The minimum Gasteiger partial charge on any atom is -0.496 e. The highest BCUT2D eigenvalue weighted by Crippen LogP contribution is 2.25. The van der Waals surface area contributed by atoms with Crippen LogP contribution in [-0.2, 0) is 6.61 Å². The Balaban J connectivity index is 1.75. The molecule has 0 aliphatic heterocycles. The first kappa shape index (κ1) is 20.0. The quantitative estimate of drug-likeness (QED) is 0.339. The molecular weight excluding hydrogens is 406 g/mol. The number of ether oxygens (including phenoxy) is 2. The second kappa shape index (κ2) is 8.99. The lowest BCUT2D eigenvalue weighted by Crippen LogP contribution is -2.01. The molecule has 0 saturated carbocycles. The molecule has 0 saturated heterocycles. The molecule has 3 nitrogen and oxygen atoms in total. The van der Waals surface area contributed by atoms with Crippen molar-refractivity contribution in [2.75, 3.05) is 7.11 Å². The third kappa shape index (κ3) is 4.97. The molecule has 0 amide bonds. The zero-order valence-electron chi connectivity index (χ0n) is 14.7. The second-order valence-electron chi connectivity index (χ2n) is 5.74. The monoisotopic (exact) mass is 420 g/mol. The van der Waals surface area contributed by atoms with Crippen molar-refractivity contribution in [1.82, 2.24) is 0 Å². The van der Waals surface area contributed by atoms with Crippen molar-refractivity contribution >= 4 is 34.8 Å². The normalized spacial score (nSPS) is 11.0. The smallest absolute Gasteiger partial charge is 0.195 e. The Morgan fingerprint density at radius 2 is 1.89 bits per heavy atom. The highest BCUT2D eigenvalue weighted by Gasteiger charge is 2.09. The topological polar surface area (TPSA) is 35.5 Å². The molecule has 144 valence electrons. The largest absolute Gasteiger partial charge is 0.496 e. The zero-order chi connectivity index (χ0) is 20.1. The number of hydrogen-bond donors (Lipinski definition) is 0. The van der Waals surface area contributed by atoms with Gasteiger partial charge in [0.05, 0.1) is 16.3 Å². The summed E-state index contributed by atoms with van der Waals surface area (Å²) in [6.45, 7) is 0.0158. The van der Waals surface area contributed by atoms with Gasteiger partial charge in [-0.3, -0.25) is 4.79 Å². The average Bonchev–Trinajstić information content (AvgIpc) is 3.12. The summed E-state index contributed by atoms with van der Waals surface area (Å²) < 4.78 is 38.0. The predicted octanol–water partition coefficient (Wildman–Crippen LogP) is 6.16. The van der Waals surface area contributed by atoms with Gasteiger partial charge in [0.25, 0.3) is 0 Å². The third-order valence-corrected chi connectivity index (χ3v) is 5.07. The highest BCUT2D eigenvalue weighted by molar-refractivity contribution is 7.18. The average molecular weight is 421 g/mol. The van der Waals surface area contributed by atoms with Crippen molar-refractivity contribution in [2.45, 2.75) is 6.61 Å². The molecule has 0 atom stereocenters. The number of methoxy groups -OCH3 is 1. The van der Waals surface area contributed by atoms with E-state index in [0.29, 0.717) is 20.5 Å². The van der Waals surface area contributed by atoms with Gasteiger partial charge in [-0.05, 0) is 48.0 Å². The Morgan fingerprint density at radius 1 is 1.11 bits per heavy atom. The lowest BCUT2D eigenvalue weighted by molar-refractivity contribution is 0.105. The van der Waals surface area contributed by atoms with E-state index in [2.05, 4.69) is 0 Å². The van der Waals surface area contributed by atoms with Crippen LogP contribution in [0.3, 0.4) is 0 Å². The molecule has 0 bridgehead atoms. The van der Waals surface area contributed by atoms with E-state index in [9.17, 15) is 13.6 Å². The van der Waals surface area contributed by atoms with Crippen molar-refractivity contribution in [3.8, 4) is 11.5 Å². The Bertz CT molecular complexity index is 1030. The lowest BCUT2D eigenvalue weighted by atomic mass is 10.1. The van der Waals surface area contributed by atoms with Gasteiger partial charge >= 0.3 is 0 Å². The van der Waals surface area contributed by atoms with E-state index in [4.69, 9.17) is 21.1 Å². The van der Waals surface area contributed by atoms with Crippen LogP contribution in [0.4, 0.5) is 8.78 Å². The van der Waals surface area contributed by atoms with Crippen LogP contribution in [0.15, 0.2) is 54.6 Å². The predicted molar refractivity (Wildman–Crippen MR) is 106 cm³/mol. The molecule has 0 fully saturated rings. The molecule has 1 aromatic heterocycles. The van der Waals surface area contributed by atoms with Crippen molar-refractivity contribution in [1.29, 1.82) is 0 Å². The number of rotatable bonds is 7. The molecule has 28 heavy (non-hydrogen) atoms. The molecule has 0 spiro atoms. The fourth-order valence-electron chi connectivity index (χ4n) is 2.46. The number of halogens is 3. The number of hydrogen-bond acceptors (Lipinski definition) is 4. The van der Waals surface area contributed by atoms with Gasteiger partial charge in [0.2, 0.25) is 0 Å². The number of benzene rings is 2. The van der Waals surface area contributed by atoms with Crippen LogP contribution < -0.4 is 9.47 Å². The molecular formula is C21H15ClF2O3S. The van der Waals surface area contributed by atoms with Gasteiger partial charge in [-0.25, -0.2) is 8.78 Å².